The van der Waals surface area contributed by atoms with Crippen LogP contribution in [0.1, 0.15) is 23.3 Å². The molecule has 1 aliphatic rings. The van der Waals surface area contributed by atoms with Gasteiger partial charge >= 0.3 is 0 Å². The number of nitrogens with zero attached hydrogens (tertiary/aromatic N) is 3. The first kappa shape index (κ1) is 18.1. The highest BCUT2D eigenvalue weighted by Gasteiger charge is 2.24. The summed E-state index contributed by atoms with van der Waals surface area (Å²) in [5, 5.41) is 3.46. The van der Waals surface area contributed by atoms with Crippen molar-refractivity contribution in [2.24, 2.45) is 0 Å². The van der Waals surface area contributed by atoms with E-state index < -0.39 is 0 Å². The lowest BCUT2D eigenvalue weighted by Gasteiger charge is -2.32. The Labute approximate surface area is 156 Å². The quantitative estimate of drug-likeness (QED) is 0.782. The molecule has 1 saturated heterocycles. The highest BCUT2D eigenvalue weighted by molar-refractivity contribution is 6.32. The first-order chi connectivity index (χ1) is 12.7. The summed E-state index contributed by atoms with van der Waals surface area (Å²) in [7, 11) is 0. The minimum Gasteiger partial charge on any atom is -0.489 e. The number of rotatable bonds is 6. The Morgan fingerprint density at radius 3 is 2.73 bits per heavy atom. The second-order valence-corrected chi connectivity index (χ2v) is 6.30. The van der Waals surface area contributed by atoms with E-state index in [0.717, 1.165) is 12.8 Å². The Kier molecular flexibility index (Phi) is 6.01. The van der Waals surface area contributed by atoms with Crippen molar-refractivity contribution in [2.45, 2.75) is 18.9 Å². The summed E-state index contributed by atoms with van der Waals surface area (Å²) < 4.78 is 5.93. The van der Waals surface area contributed by atoms with Crippen molar-refractivity contribution in [3.8, 4) is 5.75 Å². The topological polar surface area (TPSA) is 84.4 Å². The average molecular weight is 375 g/mol. The fourth-order valence-corrected chi connectivity index (χ4v) is 2.97. The van der Waals surface area contributed by atoms with Crippen LogP contribution in [0, 0.1) is 0 Å². The number of aldehydes is 1. The molecular weight excluding hydrogens is 356 g/mol. The van der Waals surface area contributed by atoms with Crippen molar-refractivity contribution in [3.05, 3.63) is 47.4 Å². The Balaban J connectivity index is 1.48. The molecular formula is C18H19ClN4O3. The normalized spacial score (nSPS) is 14.7. The average Bonchev–Trinajstić information content (AvgIpc) is 2.68. The fraction of sp³-hybridized carbons (Fsp3) is 0.333. The molecule has 136 valence electrons. The monoisotopic (exact) mass is 374 g/mol. The van der Waals surface area contributed by atoms with E-state index in [-0.39, 0.29) is 24.2 Å². The third-order valence-corrected chi connectivity index (χ3v) is 4.48. The summed E-state index contributed by atoms with van der Waals surface area (Å²) in [5.74, 6) is 0.932. The number of carbonyl (C=O) groups is 2. The molecule has 7 nitrogen and oxygen atoms in total. The van der Waals surface area contributed by atoms with Gasteiger partial charge in [0.15, 0.2) is 12.1 Å². The number of hydrogen-bond acceptors (Lipinski definition) is 6. The van der Waals surface area contributed by atoms with E-state index in [1.807, 2.05) is 18.2 Å². The number of ether oxygens (including phenoxy) is 1. The SMILES string of the molecule is O=Cc1nccnc1NCC(=O)N1CCC(Oc2ccccc2Cl)CC1. The van der Waals surface area contributed by atoms with Gasteiger partial charge in [0.05, 0.1) is 11.6 Å². The second-order valence-electron chi connectivity index (χ2n) is 5.89. The van der Waals surface area contributed by atoms with Crippen LogP contribution in [0.25, 0.3) is 0 Å². The first-order valence-corrected chi connectivity index (χ1v) is 8.74. The standard InChI is InChI=1S/C18H19ClN4O3/c19-14-3-1-2-4-16(14)26-13-5-9-23(10-6-13)17(25)11-22-18-15(12-24)20-7-8-21-18/h1-4,7-8,12-13H,5-6,9-11H2,(H,21,22). The van der Waals surface area contributed by atoms with Crippen LogP contribution in [0.5, 0.6) is 5.75 Å². The predicted octanol–water partition coefficient (Wildman–Crippen LogP) is 2.42. The van der Waals surface area contributed by atoms with E-state index in [4.69, 9.17) is 16.3 Å². The number of nitrogens with one attached hydrogen (secondary N) is 1. The molecule has 0 atom stereocenters. The maximum absolute atomic E-state index is 12.4. The Morgan fingerprint density at radius 1 is 1.27 bits per heavy atom. The number of para-hydroxylation sites is 1. The lowest BCUT2D eigenvalue weighted by Crippen LogP contribution is -2.44. The second kappa shape index (κ2) is 8.62. The molecule has 0 aliphatic carbocycles. The zero-order chi connectivity index (χ0) is 18.4. The van der Waals surface area contributed by atoms with E-state index in [1.165, 1.54) is 12.4 Å². The van der Waals surface area contributed by atoms with E-state index in [9.17, 15) is 9.59 Å². The lowest BCUT2D eigenvalue weighted by atomic mass is 10.1. The van der Waals surface area contributed by atoms with Crippen molar-refractivity contribution in [2.75, 3.05) is 25.0 Å². The molecule has 1 aromatic heterocycles. The molecule has 1 amide bonds. The number of carbonyl (C=O) groups excluding carboxylic acids is 2. The lowest BCUT2D eigenvalue weighted by molar-refractivity contribution is -0.131. The summed E-state index contributed by atoms with van der Waals surface area (Å²) in [4.78, 5) is 33.0. The van der Waals surface area contributed by atoms with Crippen molar-refractivity contribution in [1.29, 1.82) is 0 Å². The van der Waals surface area contributed by atoms with E-state index >= 15 is 0 Å². The van der Waals surface area contributed by atoms with Crippen LogP contribution in [0.15, 0.2) is 36.7 Å². The van der Waals surface area contributed by atoms with Crippen LogP contribution in [-0.2, 0) is 4.79 Å². The number of likely N-dealkylation sites (tertiary alicyclic amines) is 1. The van der Waals surface area contributed by atoms with Gasteiger partial charge in [-0.15, -0.1) is 0 Å². The number of benzene rings is 1. The Bertz CT molecular complexity index is 779. The summed E-state index contributed by atoms with van der Waals surface area (Å²) in [6, 6.07) is 7.37. The van der Waals surface area contributed by atoms with Gasteiger partial charge in [0.2, 0.25) is 5.91 Å². The fourth-order valence-electron chi connectivity index (χ4n) is 2.79. The molecule has 3 rings (SSSR count). The van der Waals surface area contributed by atoms with Gasteiger partial charge in [-0.05, 0) is 12.1 Å². The van der Waals surface area contributed by atoms with Gasteiger partial charge in [-0.2, -0.15) is 0 Å². The molecule has 0 spiro atoms. The van der Waals surface area contributed by atoms with Crippen LogP contribution in [0.3, 0.4) is 0 Å². The molecule has 1 N–H and O–H groups in total. The van der Waals surface area contributed by atoms with E-state index in [2.05, 4.69) is 15.3 Å². The third kappa shape index (κ3) is 4.49. The molecule has 0 radical (unpaired) electrons. The van der Waals surface area contributed by atoms with Gasteiger partial charge in [0, 0.05) is 38.3 Å². The summed E-state index contributed by atoms with van der Waals surface area (Å²) >= 11 is 6.11. The van der Waals surface area contributed by atoms with Gasteiger partial charge in [0.1, 0.15) is 17.5 Å². The first-order valence-electron chi connectivity index (χ1n) is 8.36. The van der Waals surface area contributed by atoms with E-state index in [1.54, 1.807) is 11.0 Å². The molecule has 26 heavy (non-hydrogen) atoms. The van der Waals surface area contributed by atoms with E-state index in [0.29, 0.717) is 36.0 Å². The summed E-state index contributed by atoms with van der Waals surface area (Å²) in [5.41, 5.74) is 0.187. The number of amides is 1. The predicted molar refractivity (Wildman–Crippen MR) is 97.6 cm³/mol. The molecule has 8 heteroatoms. The molecule has 1 aliphatic heterocycles. The molecule has 1 aromatic carbocycles. The molecule has 0 saturated carbocycles. The Morgan fingerprint density at radius 2 is 2.00 bits per heavy atom. The van der Waals surface area contributed by atoms with Crippen molar-refractivity contribution < 1.29 is 14.3 Å². The Hall–Kier alpha value is -2.67. The minimum atomic E-state index is -0.0521. The zero-order valence-corrected chi connectivity index (χ0v) is 14.9. The smallest absolute Gasteiger partial charge is 0.241 e. The van der Waals surface area contributed by atoms with Crippen LogP contribution in [0.2, 0.25) is 5.02 Å². The largest absolute Gasteiger partial charge is 0.489 e. The van der Waals surface area contributed by atoms with Gasteiger partial charge in [0.25, 0.3) is 0 Å². The minimum absolute atomic E-state index is 0.0357. The summed E-state index contributed by atoms with van der Waals surface area (Å²) in [6.45, 7) is 1.28. The van der Waals surface area contributed by atoms with Crippen LogP contribution >= 0.6 is 11.6 Å². The molecule has 1 fully saturated rings. The third-order valence-electron chi connectivity index (χ3n) is 4.17. The zero-order valence-electron chi connectivity index (χ0n) is 14.1. The highest BCUT2D eigenvalue weighted by Crippen LogP contribution is 2.26. The highest BCUT2D eigenvalue weighted by atomic mass is 35.5. The molecule has 0 unspecified atom stereocenters. The van der Waals surface area contributed by atoms with Gasteiger partial charge in [-0.1, -0.05) is 23.7 Å². The maximum Gasteiger partial charge on any atom is 0.241 e. The molecule has 2 heterocycles. The molecule has 2 aromatic rings. The maximum atomic E-state index is 12.4. The number of halogens is 1. The van der Waals surface area contributed by atoms with Crippen LogP contribution < -0.4 is 10.1 Å². The number of aromatic nitrogens is 2. The van der Waals surface area contributed by atoms with Gasteiger partial charge < -0.3 is 15.0 Å². The number of anilines is 1. The van der Waals surface area contributed by atoms with Crippen LogP contribution in [0.4, 0.5) is 5.82 Å². The summed E-state index contributed by atoms with van der Waals surface area (Å²) in [6.07, 6.45) is 5.02. The van der Waals surface area contributed by atoms with Crippen molar-refractivity contribution in [3.63, 3.8) is 0 Å². The van der Waals surface area contributed by atoms with Gasteiger partial charge in [-0.25, -0.2) is 9.97 Å². The van der Waals surface area contributed by atoms with Gasteiger partial charge in [-0.3, -0.25) is 9.59 Å². The van der Waals surface area contributed by atoms with Crippen molar-refractivity contribution >= 4 is 29.6 Å². The van der Waals surface area contributed by atoms with Crippen LogP contribution in [-0.4, -0.2) is 52.8 Å². The van der Waals surface area contributed by atoms with Crippen molar-refractivity contribution in [1.82, 2.24) is 14.9 Å². The number of piperidine rings is 1. The number of hydrogen-bond donors (Lipinski definition) is 1. The molecule has 0 bridgehead atoms.